The maximum absolute atomic E-state index is 5.97. The number of hydrogen-bond acceptors (Lipinski definition) is 2. The van der Waals surface area contributed by atoms with Crippen molar-refractivity contribution in [3.8, 4) is 0 Å². The monoisotopic (exact) mass is 273 g/mol. The molecule has 0 radical (unpaired) electrons. The fraction of sp³-hybridized carbons (Fsp3) is 0.667. The van der Waals surface area contributed by atoms with E-state index in [2.05, 4.69) is 50.4 Å². The van der Waals surface area contributed by atoms with Crippen molar-refractivity contribution in [3.05, 3.63) is 35.4 Å². The molecule has 1 saturated carbocycles. The van der Waals surface area contributed by atoms with Crippen molar-refractivity contribution in [2.24, 2.45) is 11.3 Å². The molecule has 110 valence electrons. The van der Waals surface area contributed by atoms with Crippen molar-refractivity contribution >= 4 is 0 Å². The molecule has 3 rings (SSSR count). The van der Waals surface area contributed by atoms with Crippen LogP contribution >= 0.6 is 0 Å². The van der Waals surface area contributed by atoms with Gasteiger partial charge in [0.05, 0.1) is 6.10 Å². The van der Waals surface area contributed by atoms with Gasteiger partial charge < -0.3 is 10.1 Å². The van der Waals surface area contributed by atoms with Crippen LogP contribution in [0.5, 0.6) is 0 Å². The Bertz CT molecular complexity index is 468. The molecule has 1 heterocycles. The summed E-state index contributed by atoms with van der Waals surface area (Å²) < 4.78 is 5.97. The molecular formula is C18H27NO. The molecule has 2 fully saturated rings. The highest BCUT2D eigenvalue weighted by Crippen LogP contribution is 2.51. The van der Waals surface area contributed by atoms with E-state index in [1.807, 2.05) is 0 Å². The van der Waals surface area contributed by atoms with Crippen molar-refractivity contribution in [1.82, 2.24) is 5.32 Å². The van der Waals surface area contributed by atoms with Crippen LogP contribution in [0.25, 0.3) is 0 Å². The zero-order valence-electron chi connectivity index (χ0n) is 13.0. The standard InChI is InChI=1S/C18H27NO/c1-13-7-4-5-8-14(13)10-11-19-16-15-9-6-12-20-17(15)18(16,2)3/h4-5,7-8,15-17,19H,6,9-12H2,1-3H3. The Morgan fingerprint density at radius 2 is 2.10 bits per heavy atom. The van der Waals surface area contributed by atoms with Crippen molar-refractivity contribution in [3.63, 3.8) is 0 Å². The lowest BCUT2D eigenvalue weighted by molar-refractivity contribution is -0.192. The minimum absolute atomic E-state index is 0.289. The number of rotatable bonds is 4. The van der Waals surface area contributed by atoms with E-state index < -0.39 is 0 Å². The van der Waals surface area contributed by atoms with Gasteiger partial charge in [0, 0.05) is 24.0 Å². The Morgan fingerprint density at radius 1 is 1.30 bits per heavy atom. The molecule has 2 aliphatic rings. The van der Waals surface area contributed by atoms with Crippen molar-refractivity contribution < 1.29 is 4.74 Å². The molecule has 1 aliphatic heterocycles. The first-order chi connectivity index (χ1) is 9.60. The number of benzene rings is 1. The average molecular weight is 273 g/mol. The van der Waals surface area contributed by atoms with Gasteiger partial charge in [-0.05, 0) is 43.9 Å². The van der Waals surface area contributed by atoms with E-state index in [9.17, 15) is 0 Å². The SMILES string of the molecule is Cc1ccccc1CCNC1C2CCCOC2C1(C)C. The zero-order valence-corrected chi connectivity index (χ0v) is 13.0. The number of nitrogens with one attached hydrogen (secondary N) is 1. The Hall–Kier alpha value is -0.860. The number of fused-ring (bicyclic) bond motifs is 1. The Morgan fingerprint density at radius 3 is 2.90 bits per heavy atom. The van der Waals surface area contributed by atoms with Crippen LogP contribution in [0.4, 0.5) is 0 Å². The van der Waals surface area contributed by atoms with Gasteiger partial charge in [0.25, 0.3) is 0 Å². The van der Waals surface area contributed by atoms with Crippen LogP contribution in [0.2, 0.25) is 0 Å². The van der Waals surface area contributed by atoms with Crippen LogP contribution in [0.15, 0.2) is 24.3 Å². The summed E-state index contributed by atoms with van der Waals surface area (Å²) in [5.74, 6) is 0.732. The first-order valence-electron chi connectivity index (χ1n) is 8.00. The van der Waals surface area contributed by atoms with Crippen LogP contribution in [-0.4, -0.2) is 25.3 Å². The third kappa shape index (κ3) is 2.40. The van der Waals surface area contributed by atoms with Crippen molar-refractivity contribution in [1.29, 1.82) is 0 Å². The summed E-state index contributed by atoms with van der Waals surface area (Å²) in [6.07, 6.45) is 4.16. The molecule has 0 spiro atoms. The predicted molar refractivity (Wildman–Crippen MR) is 82.9 cm³/mol. The highest BCUT2D eigenvalue weighted by atomic mass is 16.5. The third-order valence-corrected chi connectivity index (χ3v) is 5.35. The van der Waals surface area contributed by atoms with Crippen LogP contribution in [0.3, 0.4) is 0 Å². The summed E-state index contributed by atoms with van der Waals surface area (Å²) in [6, 6.07) is 9.33. The number of hydrogen-bond donors (Lipinski definition) is 1. The van der Waals surface area contributed by atoms with E-state index in [1.165, 1.54) is 24.0 Å². The fourth-order valence-electron chi connectivity index (χ4n) is 4.19. The van der Waals surface area contributed by atoms with Gasteiger partial charge in [0.1, 0.15) is 0 Å². The predicted octanol–water partition coefficient (Wildman–Crippen LogP) is 3.33. The van der Waals surface area contributed by atoms with Crippen molar-refractivity contribution in [2.75, 3.05) is 13.2 Å². The summed E-state index contributed by atoms with van der Waals surface area (Å²) in [5.41, 5.74) is 3.16. The molecule has 0 amide bonds. The second kappa shape index (κ2) is 5.50. The first kappa shape index (κ1) is 14.1. The van der Waals surface area contributed by atoms with E-state index in [4.69, 9.17) is 4.74 Å². The minimum atomic E-state index is 0.289. The van der Waals surface area contributed by atoms with Gasteiger partial charge >= 0.3 is 0 Å². The largest absolute Gasteiger partial charge is 0.377 e. The molecule has 1 aromatic carbocycles. The van der Waals surface area contributed by atoms with E-state index >= 15 is 0 Å². The van der Waals surface area contributed by atoms with E-state index in [0.29, 0.717) is 12.1 Å². The van der Waals surface area contributed by atoms with Gasteiger partial charge in [-0.25, -0.2) is 0 Å². The lowest BCUT2D eigenvalue weighted by Crippen LogP contribution is -2.69. The Labute approximate surface area is 122 Å². The maximum atomic E-state index is 5.97. The minimum Gasteiger partial charge on any atom is -0.377 e. The van der Waals surface area contributed by atoms with E-state index in [0.717, 1.165) is 25.5 Å². The molecule has 3 unspecified atom stereocenters. The third-order valence-electron chi connectivity index (χ3n) is 5.35. The highest BCUT2D eigenvalue weighted by molar-refractivity contribution is 5.25. The second-order valence-corrected chi connectivity index (χ2v) is 7.03. The maximum Gasteiger partial charge on any atom is 0.0684 e. The summed E-state index contributed by atoms with van der Waals surface area (Å²) in [7, 11) is 0. The molecule has 1 N–H and O–H groups in total. The first-order valence-corrected chi connectivity index (χ1v) is 8.00. The quantitative estimate of drug-likeness (QED) is 0.908. The molecule has 0 aromatic heterocycles. The van der Waals surface area contributed by atoms with Crippen LogP contribution in [0, 0.1) is 18.3 Å². The van der Waals surface area contributed by atoms with Crippen LogP contribution in [0.1, 0.15) is 37.8 Å². The lowest BCUT2D eigenvalue weighted by Gasteiger charge is -2.60. The van der Waals surface area contributed by atoms with E-state index in [-0.39, 0.29) is 5.41 Å². The summed E-state index contributed by atoms with van der Waals surface area (Å²) in [5, 5.41) is 3.80. The fourth-order valence-corrected chi connectivity index (χ4v) is 4.19. The molecule has 2 nitrogen and oxygen atoms in total. The molecule has 3 atom stereocenters. The van der Waals surface area contributed by atoms with Gasteiger partial charge in [0.2, 0.25) is 0 Å². The van der Waals surface area contributed by atoms with Crippen LogP contribution < -0.4 is 5.32 Å². The number of ether oxygens (including phenoxy) is 1. The zero-order chi connectivity index (χ0) is 14.2. The smallest absolute Gasteiger partial charge is 0.0684 e. The summed E-state index contributed by atoms with van der Waals surface area (Å²) >= 11 is 0. The Kier molecular flexibility index (Phi) is 3.87. The summed E-state index contributed by atoms with van der Waals surface area (Å²) in [6.45, 7) is 8.94. The number of aryl methyl sites for hydroxylation is 1. The van der Waals surface area contributed by atoms with Crippen molar-refractivity contribution in [2.45, 2.75) is 52.2 Å². The Balaban J connectivity index is 1.55. The molecule has 1 saturated heterocycles. The van der Waals surface area contributed by atoms with Gasteiger partial charge in [-0.2, -0.15) is 0 Å². The average Bonchev–Trinajstić information content (AvgIpc) is 2.45. The normalized spacial score (nSPS) is 31.4. The molecule has 20 heavy (non-hydrogen) atoms. The van der Waals surface area contributed by atoms with E-state index in [1.54, 1.807) is 0 Å². The summed E-state index contributed by atoms with van der Waals surface area (Å²) in [4.78, 5) is 0. The van der Waals surface area contributed by atoms with Gasteiger partial charge in [0.15, 0.2) is 0 Å². The van der Waals surface area contributed by atoms with Gasteiger partial charge in [-0.15, -0.1) is 0 Å². The van der Waals surface area contributed by atoms with Gasteiger partial charge in [-0.1, -0.05) is 38.1 Å². The van der Waals surface area contributed by atoms with Crippen LogP contribution in [-0.2, 0) is 11.2 Å². The molecule has 0 bridgehead atoms. The molecular weight excluding hydrogens is 246 g/mol. The van der Waals surface area contributed by atoms with Gasteiger partial charge in [-0.3, -0.25) is 0 Å². The second-order valence-electron chi connectivity index (χ2n) is 7.03. The topological polar surface area (TPSA) is 21.3 Å². The molecule has 1 aliphatic carbocycles. The molecule has 1 aromatic rings. The highest BCUT2D eigenvalue weighted by Gasteiger charge is 2.57. The lowest BCUT2D eigenvalue weighted by atomic mass is 9.55. The molecule has 2 heteroatoms.